The molecule has 0 amide bonds. The summed E-state index contributed by atoms with van der Waals surface area (Å²) in [5, 5.41) is 19.7. The zero-order valence-corrected chi connectivity index (χ0v) is 9.63. The Hall–Kier alpha value is -1.71. The molecule has 1 aromatic rings. The standard InChI is InChI=1S/C11H15N5O/c1-2-17-9-5-8(13)10(9)15-11-7(6-12)3-4-14-16-11/h3-4,8-10H,2,5,13H2,1H3,(H,15,16). The van der Waals surface area contributed by atoms with E-state index in [1.807, 2.05) is 6.92 Å². The number of hydrogen-bond donors (Lipinski definition) is 2. The van der Waals surface area contributed by atoms with Crippen molar-refractivity contribution < 1.29 is 4.74 Å². The number of nitrogens with two attached hydrogens (primary N) is 1. The molecule has 1 aliphatic carbocycles. The number of ether oxygens (including phenoxy) is 1. The average Bonchev–Trinajstić information content (AvgIpc) is 2.36. The Morgan fingerprint density at radius 2 is 2.53 bits per heavy atom. The molecule has 0 aliphatic heterocycles. The topological polar surface area (TPSA) is 96.8 Å². The fourth-order valence-corrected chi connectivity index (χ4v) is 1.91. The maximum Gasteiger partial charge on any atom is 0.166 e. The van der Waals surface area contributed by atoms with Gasteiger partial charge in [0.15, 0.2) is 5.82 Å². The van der Waals surface area contributed by atoms with Crippen molar-refractivity contribution in [2.75, 3.05) is 11.9 Å². The van der Waals surface area contributed by atoms with Crippen LogP contribution in [0.3, 0.4) is 0 Å². The van der Waals surface area contributed by atoms with Crippen molar-refractivity contribution in [1.29, 1.82) is 5.26 Å². The second kappa shape index (κ2) is 5.08. The molecule has 0 radical (unpaired) electrons. The van der Waals surface area contributed by atoms with Crippen LogP contribution in [0.4, 0.5) is 5.82 Å². The monoisotopic (exact) mass is 233 g/mol. The number of rotatable bonds is 4. The molecule has 2 rings (SSSR count). The largest absolute Gasteiger partial charge is 0.376 e. The van der Waals surface area contributed by atoms with E-state index in [9.17, 15) is 0 Å². The normalized spacial score (nSPS) is 27.0. The first-order valence-corrected chi connectivity index (χ1v) is 5.61. The number of hydrogen-bond acceptors (Lipinski definition) is 6. The molecule has 6 heteroatoms. The molecule has 3 N–H and O–H groups in total. The lowest BCUT2D eigenvalue weighted by atomic mass is 9.83. The van der Waals surface area contributed by atoms with Gasteiger partial charge >= 0.3 is 0 Å². The van der Waals surface area contributed by atoms with Gasteiger partial charge in [-0.05, 0) is 19.4 Å². The summed E-state index contributed by atoms with van der Waals surface area (Å²) in [6.45, 7) is 2.60. The van der Waals surface area contributed by atoms with Crippen LogP contribution in [0.2, 0.25) is 0 Å². The molecule has 1 aromatic heterocycles. The van der Waals surface area contributed by atoms with E-state index < -0.39 is 0 Å². The predicted octanol–water partition coefficient (Wildman–Crippen LogP) is 0.265. The van der Waals surface area contributed by atoms with E-state index in [2.05, 4.69) is 21.6 Å². The summed E-state index contributed by atoms with van der Waals surface area (Å²) in [5.74, 6) is 0.472. The highest BCUT2D eigenvalue weighted by molar-refractivity contribution is 5.51. The Morgan fingerprint density at radius 3 is 3.18 bits per heavy atom. The summed E-state index contributed by atoms with van der Waals surface area (Å²) in [6.07, 6.45) is 2.40. The fraction of sp³-hybridized carbons (Fsp3) is 0.545. The highest BCUT2D eigenvalue weighted by atomic mass is 16.5. The van der Waals surface area contributed by atoms with Crippen molar-refractivity contribution in [3.63, 3.8) is 0 Å². The molecular weight excluding hydrogens is 218 g/mol. The van der Waals surface area contributed by atoms with Crippen LogP contribution in [0, 0.1) is 11.3 Å². The first kappa shape index (κ1) is 11.8. The summed E-state index contributed by atoms with van der Waals surface area (Å²) in [4.78, 5) is 0. The first-order chi connectivity index (χ1) is 8.26. The van der Waals surface area contributed by atoms with Crippen LogP contribution in [0.15, 0.2) is 12.3 Å². The maximum atomic E-state index is 8.94. The molecule has 1 fully saturated rings. The van der Waals surface area contributed by atoms with Gasteiger partial charge in [0.25, 0.3) is 0 Å². The number of nitrogens with one attached hydrogen (secondary N) is 1. The summed E-state index contributed by atoms with van der Waals surface area (Å²) in [7, 11) is 0. The fourth-order valence-electron chi connectivity index (χ4n) is 1.91. The van der Waals surface area contributed by atoms with Crippen molar-refractivity contribution in [3.05, 3.63) is 17.8 Å². The van der Waals surface area contributed by atoms with Crippen LogP contribution in [-0.4, -0.2) is 35.0 Å². The van der Waals surface area contributed by atoms with E-state index in [0.717, 1.165) is 6.42 Å². The molecule has 0 aromatic carbocycles. The van der Waals surface area contributed by atoms with Gasteiger partial charge in [-0.3, -0.25) is 0 Å². The summed E-state index contributed by atoms with van der Waals surface area (Å²) in [5.41, 5.74) is 6.38. The van der Waals surface area contributed by atoms with E-state index in [4.69, 9.17) is 15.7 Å². The molecule has 1 saturated carbocycles. The lowest BCUT2D eigenvalue weighted by Gasteiger charge is -2.42. The Morgan fingerprint density at radius 1 is 1.71 bits per heavy atom. The summed E-state index contributed by atoms with van der Waals surface area (Å²) >= 11 is 0. The zero-order valence-electron chi connectivity index (χ0n) is 9.63. The lowest BCUT2D eigenvalue weighted by Crippen LogP contribution is -2.60. The third-order valence-electron chi connectivity index (χ3n) is 2.89. The van der Waals surface area contributed by atoms with Crippen LogP contribution in [0.1, 0.15) is 18.9 Å². The highest BCUT2D eigenvalue weighted by Crippen LogP contribution is 2.26. The zero-order chi connectivity index (χ0) is 12.3. The van der Waals surface area contributed by atoms with Gasteiger partial charge in [0, 0.05) is 12.6 Å². The van der Waals surface area contributed by atoms with Crippen molar-refractivity contribution in [2.45, 2.75) is 31.5 Å². The Balaban J connectivity index is 2.07. The molecule has 0 bridgehead atoms. The smallest absolute Gasteiger partial charge is 0.166 e. The Kier molecular flexibility index (Phi) is 3.52. The minimum absolute atomic E-state index is 0.00116. The molecule has 17 heavy (non-hydrogen) atoms. The van der Waals surface area contributed by atoms with Crippen LogP contribution in [0.5, 0.6) is 0 Å². The summed E-state index contributed by atoms with van der Waals surface area (Å²) in [6, 6.07) is 3.71. The van der Waals surface area contributed by atoms with E-state index in [1.165, 1.54) is 6.20 Å². The Bertz CT molecular complexity index is 428. The Labute approximate surface area is 99.8 Å². The van der Waals surface area contributed by atoms with Gasteiger partial charge in [0.2, 0.25) is 0 Å². The number of anilines is 1. The first-order valence-electron chi connectivity index (χ1n) is 5.61. The van der Waals surface area contributed by atoms with E-state index in [-0.39, 0.29) is 18.2 Å². The van der Waals surface area contributed by atoms with Gasteiger partial charge in [0.1, 0.15) is 6.07 Å². The van der Waals surface area contributed by atoms with Crippen molar-refractivity contribution in [1.82, 2.24) is 10.2 Å². The number of nitriles is 1. The average molecular weight is 233 g/mol. The third kappa shape index (κ3) is 2.35. The van der Waals surface area contributed by atoms with Crippen LogP contribution < -0.4 is 11.1 Å². The van der Waals surface area contributed by atoms with Crippen LogP contribution >= 0.6 is 0 Å². The summed E-state index contributed by atoms with van der Waals surface area (Å²) < 4.78 is 5.53. The molecule has 0 spiro atoms. The maximum absolute atomic E-state index is 8.94. The van der Waals surface area contributed by atoms with E-state index in [0.29, 0.717) is 18.0 Å². The quantitative estimate of drug-likeness (QED) is 0.774. The number of nitrogens with zero attached hydrogens (tertiary/aromatic N) is 3. The minimum atomic E-state index is -0.00116. The molecule has 6 nitrogen and oxygen atoms in total. The van der Waals surface area contributed by atoms with Crippen molar-refractivity contribution >= 4 is 5.82 Å². The van der Waals surface area contributed by atoms with Crippen LogP contribution in [0.25, 0.3) is 0 Å². The lowest BCUT2D eigenvalue weighted by molar-refractivity contribution is -0.0127. The predicted molar refractivity (Wildman–Crippen MR) is 62.2 cm³/mol. The van der Waals surface area contributed by atoms with Crippen molar-refractivity contribution in [2.24, 2.45) is 5.73 Å². The molecular formula is C11H15N5O. The second-order valence-corrected chi connectivity index (χ2v) is 3.97. The van der Waals surface area contributed by atoms with Gasteiger partial charge in [0.05, 0.1) is 23.9 Å². The van der Waals surface area contributed by atoms with E-state index >= 15 is 0 Å². The third-order valence-corrected chi connectivity index (χ3v) is 2.89. The number of aromatic nitrogens is 2. The van der Waals surface area contributed by atoms with Gasteiger partial charge in [-0.1, -0.05) is 0 Å². The molecule has 3 atom stereocenters. The highest BCUT2D eigenvalue weighted by Gasteiger charge is 2.39. The molecule has 1 heterocycles. The van der Waals surface area contributed by atoms with Crippen molar-refractivity contribution in [3.8, 4) is 6.07 Å². The minimum Gasteiger partial charge on any atom is -0.376 e. The molecule has 0 saturated heterocycles. The van der Waals surface area contributed by atoms with Gasteiger partial charge in [-0.25, -0.2) is 0 Å². The molecule has 3 unspecified atom stereocenters. The van der Waals surface area contributed by atoms with Gasteiger partial charge < -0.3 is 15.8 Å². The molecule has 1 aliphatic rings. The van der Waals surface area contributed by atoms with Gasteiger partial charge in [-0.15, -0.1) is 5.10 Å². The second-order valence-electron chi connectivity index (χ2n) is 3.97. The van der Waals surface area contributed by atoms with Gasteiger partial charge in [-0.2, -0.15) is 10.4 Å². The van der Waals surface area contributed by atoms with Crippen LogP contribution in [-0.2, 0) is 4.74 Å². The van der Waals surface area contributed by atoms with E-state index in [1.54, 1.807) is 6.07 Å². The SMILES string of the molecule is CCOC1CC(N)C1Nc1nnccc1C#N. The molecule has 90 valence electrons.